The van der Waals surface area contributed by atoms with E-state index in [0.717, 1.165) is 40.9 Å². The first-order chi connectivity index (χ1) is 17.2. The average Bonchev–Trinajstić information content (AvgIpc) is 3.54. The Morgan fingerprint density at radius 1 is 1.06 bits per heavy atom. The van der Waals surface area contributed by atoms with Crippen LogP contribution in [0.25, 0.3) is 28.3 Å². The first-order valence-electron chi connectivity index (χ1n) is 11.3. The van der Waals surface area contributed by atoms with Gasteiger partial charge in [-0.1, -0.05) is 49.7 Å². The molecule has 0 aliphatic carbocycles. The minimum atomic E-state index is -0.163. The van der Waals surface area contributed by atoms with Crippen LogP contribution in [-0.4, -0.2) is 34.7 Å². The number of nitriles is 1. The number of rotatable bonds is 7. The zero-order chi connectivity index (χ0) is 24.2. The van der Waals surface area contributed by atoms with Crippen LogP contribution in [0.5, 0.6) is 0 Å². The molecule has 3 heterocycles. The number of H-pyrrole nitrogens is 1. The van der Waals surface area contributed by atoms with E-state index in [0.29, 0.717) is 23.6 Å². The number of hydrogen-bond acceptors (Lipinski definition) is 6. The van der Waals surface area contributed by atoms with Crippen molar-refractivity contribution in [3.05, 3.63) is 100 Å². The van der Waals surface area contributed by atoms with Crippen molar-refractivity contribution in [3.63, 3.8) is 0 Å². The van der Waals surface area contributed by atoms with Crippen molar-refractivity contribution in [2.45, 2.75) is 26.3 Å². The van der Waals surface area contributed by atoms with Crippen LogP contribution in [0.2, 0.25) is 0 Å². The van der Waals surface area contributed by atoms with Crippen molar-refractivity contribution in [2.24, 2.45) is 0 Å². The summed E-state index contributed by atoms with van der Waals surface area (Å²) < 4.78 is 3.35. The molecule has 0 bridgehead atoms. The van der Waals surface area contributed by atoms with Gasteiger partial charge >= 0.3 is 5.69 Å². The van der Waals surface area contributed by atoms with Crippen LogP contribution in [0.4, 0.5) is 0 Å². The lowest BCUT2D eigenvalue weighted by atomic mass is 10.0. The second-order valence-corrected chi connectivity index (χ2v) is 8.07. The quantitative estimate of drug-likeness (QED) is 0.393. The molecule has 0 aliphatic rings. The van der Waals surface area contributed by atoms with E-state index in [1.165, 1.54) is 0 Å². The van der Waals surface area contributed by atoms with Crippen molar-refractivity contribution in [1.82, 2.24) is 34.7 Å². The van der Waals surface area contributed by atoms with Gasteiger partial charge in [0, 0.05) is 29.2 Å². The van der Waals surface area contributed by atoms with Gasteiger partial charge in [0.1, 0.15) is 6.07 Å². The molecule has 0 amide bonds. The lowest BCUT2D eigenvalue weighted by Crippen LogP contribution is -2.25. The predicted molar refractivity (Wildman–Crippen MR) is 131 cm³/mol. The molecule has 172 valence electrons. The van der Waals surface area contributed by atoms with E-state index < -0.39 is 0 Å². The molecule has 9 heteroatoms. The Bertz CT molecular complexity index is 1560. The van der Waals surface area contributed by atoms with Gasteiger partial charge in [-0.15, -0.1) is 10.2 Å². The molecule has 0 atom stereocenters. The largest absolute Gasteiger partial charge is 0.333 e. The van der Waals surface area contributed by atoms with E-state index in [1.54, 1.807) is 33.5 Å². The normalized spacial score (nSPS) is 10.9. The average molecular weight is 463 g/mol. The van der Waals surface area contributed by atoms with Crippen molar-refractivity contribution in [2.75, 3.05) is 0 Å². The van der Waals surface area contributed by atoms with Crippen LogP contribution in [0.1, 0.15) is 30.2 Å². The summed E-state index contributed by atoms with van der Waals surface area (Å²) in [5.74, 6) is 0.479. The minimum Gasteiger partial charge on any atom is -0.292 e. The number of aryl methyl sites for hydroxylation is 1. The van der Waals surface area contributed by atoms with E-state index in [9.17, 15) is 10.1 Å². The monoisotopic (exact) mass is 462 g/mol. The Morgan fingerprint density at radius 3 is 2.63 bits per heavy atom. The maximum atomic E-state index is 13.4. The summed E-state index contributed by atoms with van der Waals surface area (Å²) in [7, 11) is 0. The summed E-state index contributed by atoms with van der Waals surface area (Å²) in [6.07, 6.45) is 5.24. The van der Waals surface area contributed by atoms with Gasteiger partial charge in [0.25, 0.3) is 0 Å². The van der Waals surface area contributed by atoms with Crippen LogP contribution in [0.3, 0.4) is 0 Å². The SMILES string of the molecule is CCCc1cn(-c2ccccc2C#N)c(=O)n1Cc1ccc(-c2ncccc2-c2nn[nH]n2)cc1. The highest BCUT2D eigenvalue weighted by atomic mass is 16.1. The van der Waals surface area contributed by atoms with Crippen LogP contribution < -0.4 is 5.69 Å². The Morgan fingerprint density at radius 2 is 1.89 bits per heavy atom. The zero-order valence-corrected chi connectivity index (χ0v) is 19.1. The number of nitrogens with zero attached hydrogens (tertiary/aromatic N) is 7. The lowest BCUT2D eigenvalue weighted by molar-refractivity contribution is 0.691. The van der Waals surface area contributed by atoms with E-state index in [4.69, 9.17) is 0 Å². The molecule has 0 aliphatic heterocycles. The third-order valence-electron chi connectivity index (χ3n) is 5.81. The highest BCUT2D eigenvalue weighted by Gasteiger charge is 2.16. The van der Waals surface area contributed by atoms with Gasteiger partial charge in [-0.2, -0.15) is 10.5 Å². The molecule has 0 spiro atoms. The number of benzene rings is 2. The van der Waals surface area contributed by atoms with Crippen LogP contribution >= 0.6 is 0 Å². The van der Waals surface area contributed by atoms with Gasteiger partial charge < -0.3 is 0 Å². The van der Waals surface area contributed by atoms with E-state index >= 15 is 0 Å². The van der Waals surface area contributed by atoms with Crippen LogP contribution in [-0.2, 0) is 13.0 Å². The Balaban J connectivity index is 1.49. The second-order valence-electron chi connectivity index (χ2n) is 8.07. The number of pyridine rings is 1. The maximum absolute atomic E-state index is 13.4. The second kappa shape index (κ2) is 9.57. The molecule has 9 nitrogen and oxygen atoms in total. The van der Waals surface area contributed by atoms with Crippen molar-refractivity contribution in [3.8, 4) is 34.4 Å². The number of tetrazole rings is 1. The van der Waals surface area contributed by atoms with Gasteiger partial charge in [0.2, 0.25) is 5.82 Å². The van der Waals surface area contributed by atoms with E-state index in [2.05, 4.69) is 38.6 Å². The summed E-state index contributed by atoms with van der Waals surface area (Å²) in [5.41, 5.74) is 5.25. The van der Waals surface area contributed by atoms with Crippen molar-refractivity contribution < 1.29 is 0 Å². The molecule has 5 aromatic rings. The molecule has 0 fully saturated rings. The molecule has 5 rings (SSSR count). The molecule has 0 saturated carbocycles. The zero-order valence-electron chi connectivity index (χ0n) is 19.1. The molecule has 35 heavy (non-hydrogen) atoms. The number of nitrogens with one attached hydrogen (secondary N) is 1. The summed E-state index contributed by atoms with van der Waals surface area (Å²) in [5, 5.41) is 23.8. The topological polar surface area (TPSA) is 118 Å². The molecule has 3 aromatic heterocycles. The third kappa shape index (κ3) is 4.25. The molecule has 0 unspecified atom stereocenters. The summed E-state index contributed by atoms with van der Waals surface area (Å²) in [4.78, 5) is 17.9. The summed E-state index contributed by atoms with van der Waals surface area (Å²) >= 11 is 0. The number of para-hydroxylation sites is 1. The lowest BCUT2D eigenvalue weighted by Gasteiger charge is -2.09. The van der Waals surface area contributed by atoms with Gasteiger partial charge in [0.15, 0.2) is 0 Å². The first kappa shape index (κ1) is 22.0. The maximum Gasteiger partial charge on any atom is 0.333 e. The molecule has 2 aromatic carbocycles. The summed E-state index contributed by atoms with van der Waals surface area (Å²) in [6.45, 7) is 2.51. The smallest absolute Gasteiger partial charge is 0.292 e. The molecular weight excluding hydrogens is 440 g/mol. The number of aromatic amines is 1. The molecule has 0 radical (unpaired) electrons. The van der Waals surface area contributed by atoms with Crippen molar-refractivity contribution in [1.29, 1.82) is 5.26 Å². The van der Waals surface area contributed by atoms with Crippen LogP contribution in [0.15, 0.2) is 77.9 Å². The Labute approximate surface area is 201 Å². The van der Waals surface area contributed by atoms with Gasteiger partial charge in [-0.05, 0) is 41.5 Å². The fourth-order valence-electron chi connectivity index (χ4n) is 4.14. The highest BCUT2D eigenvalue weighted by molar-refractivity contribution is 5.76. The fraction of sp³-hybridized carbons (Fsp3) is 0.154. The minimum absolute atomic E-state index is 0.163. The predicted octanol–water partition coefficient (Wildman–Crippen LogP) is 3.75. The van der Waals surface area contributed by atoms with Crippen LogP contribution in [0, 0.1) is 11.3 Å². The molecule has 1 N–H and O–H groups in total. The fourth-order valence-corrected chi connectivity index (χ4v) is 4.14. The number of aromatic nitrogens is 7. The van der Waals surface area contributed by atoms with E-state index in [-0.39, 0.29) is 5.69 Å². The number of imidazole rings is 1. The van der Waals surface area contributed by atoms with Gasteiger partial charge in [-0.25, -0.2) is 4.79 Å². The van der Waals surface area contributed by atoms with E-state index in [1.807, 2.05) is 48.7 Å². The highest BCUT2D eigenvalue weighted by Crippen LogP contribution is 2.27. The van der Waals surface area contributed by atoms with Gasteiger partial charge in [-0.3, -0.25) is 14.1 Å². The number of hydrogen-bond donors (Lipinski definition) is 1. The Kier molecular flexibility index (Phi) is 6.01. The summed E-state index contributed by atoms with van der Waals surface area (Å²) in [6, 6.07) is 21.0. The Hall–Kier alpha value is -4.84. The van der Waals surface area contributed by atoms with Crippen molar-refractivity contribution >= 4 is 0 Å². The van der Waals surface area contributed by atoms with Gasteiger partial charge in [0.05, 0.1) is 23.5 Å². The molecular formula is C26H22N8O. The molecule has 0 saturated heterocycles. The first-order valence-corrected chi connectivity index (χ1v) is 11.3. The standard InChI is InChI=1S/C26H22N8O/c1-2-6-21-17-34(23-9-4-3-7-20(23)15-27)26(35)33(21)16-18-10-12-19(13-11-18)24-22(8-5-14-28-24)25-29-31-32-30-25/h3-5,7-14,17H,2,6,16H2,1H3,(H,29,30,31,32). The third-order valence-corrected chi connectivity index (χ3v) is 5.81.